The SMILES string of the molecule is CC1(C)CC[C@]2(C(=O)N3CCOCC3)CC[C@]3(C)C(=CC(=O)[C@@H]4[C@@]5(C)CCC(=O)C(C)(C)[C@@H]5CC[C@]43C)[C@@H]2C1. The van der Waals surface area contributed by atoms with E-state index in [0.717, 1.165) is 51.4 Å². The van der Waals surface area contributed by atoms with Gasteiger partial charge in [-0.3, -0.25) is 14.4 Å². The molecular weight excluding hydrogens is 486 g/mol. The molecule has 0 spiro atoms. The van der Waals surface area contributed by atoms with Gasteiger partial charge in [0, 0.05) is 30.8 Å². The third-order valence-electron chi connectivity index (χ3n) is 13.8. The number of morpholine rings is 1. The molecule has 7 atom stereocenters. The molecule has 6 rings (SSSR count). The van der Waals surface area contributed by atoms with Crippen molar-refractivity contribution in [3.8, 4) is 0 Å². The fourth-order valence-corrected chi connectivity index (χ4v) is 11.3. The van der Waals surface area contributed by atoms with Crippen molar-refractivity contribution >= 4 is 17.5 Å². The molecule has 0 aromatic heterocycles. The molecule has 0 aromatic carbocycles. The Bertz CT molecular complexity index is 1130. The summed E-state index contributed by atoms with van der Waals surface area (Å²) in [6.45, 7) is 18.8. The molecule has 1 amide bonds. The van der Waals surface area contributed by atoms with Crippen LogP contribution in [0.2, 0.25) is 0 Å². The maximum absolute atomic E-state index is 14.5. The Morgan fingerprint density at radius 1 is 0.897 bits per heavy atom. The highest BCUT2D eigenvalue weighted by molar-refractivity contribution is 5.97. The van der Waals surface area contributed by atoms with E-state index in [1.165, 1.54) is 5.57 Å². The van der Waals surface area contributed by atoms with Crippen LogP contribution in [-0.2, 0) is 19.1 Å². The summed E-state index contributed by atoms with van der Waals surface area (Å²) in [4.78, 5) is 44.0. The predicted octanol–water partition coefficient (Wildman–Crippen LogP) is 6.40. The van der Waals surface area contributed by atoms with E-state index in [4.69, 9.17) is 4.74 Å². The molecule has 5 fully saturated rings. The Balaban J connectivity index is 1.46. The van der Waals surface area contributed by atoms with Gasteiger partial charge in [0.25, 0.3) is 0 Å². The van der Waals surface area contributed by atoms with Crippen molar-refractivity contribution in [1.29, 1.82) is 0 Å². The molecule has 0 aromatic rings. The first kappa shape index (κ1) is 27.7. The lowest BCUT2D eigenvalue weighted by Gasteiger charge is -2.70. The van der Waals surface area contributed by atoms with Crippen molar-refractivity contribution in [3.05, 3.63) is 11.6 Å². The van der Waals surface area contributed by atoms with E-state index >= 15 is 0 Å². The average Bonchev–Trinajstić information content (AvgIpc) is 2.87. The summed E-state index contributed by atoms with van der Waals surface area (Å²) < 4.78 is 5.60. The highest BCUT2D eigenvalue weighted by Gasteiger charge is 2.71. The quantitative estimate of drug-likeness (QED) is 0.389. The van der Waals surface area contributed by atoms with Gasteiger partial charge < -0.3 is 9.64 Å². The molecule has 5 heteroatoms. The Morgan fingerprint density at radius 3 is 2.26 bits per heavy atom. The summed E-state index contributed by atoms with van der Waals surface area (Å²) in [5.74, 6) is 1.26. The second kappa shape index (κ2) is 8.52. The first-order valence-corrected chi connectivity index (χ1v) is 15.8. The van der Waals surface area contributed by atoms with Crippen LogP contribution in [0.15, 0.2) is 11.6 Å². The molecule has 6 aliphatic rings. The van der Waals surface area contributed by atoms with Gasteiger partial charge in [-0.05, 0) is 90.9 Å². The number of nitrogens with zero attached hydrogens (tertiary/aromatic N) is 1. The molecule has 5 nitrogen and oxygen atoms in total. The van der Waals surface area contributed by atoms with Gasteiger partial charge in [0.15, 0.2) is 5.78 Å². The van der Waals surface area contributed by atoms with Gasteiger partial charge in [-0.1, -0.05) is 54.0 Å². The van der Waals surface area contributed by atoms with Crippen LogP contribution in [0.4, 0.5) is 0 Å². The van der Waals surface area contributed by atoms with Gasteiger partial charge >= 0.3 is 0 Å². The number of carbonyl (C=O) groups excluding carboxylic acids is 3. The predicted molar refractivity (Wildman–Crippen MR) is 152 cm³/mol. The molecule has 0 unspecified atom stereocenters. The van der Waals surface area contributed by atoms with Gasteiger partial charge in [0.2, 0.25) is 5.91 Å². The lowest BCUT2D eigenvalue weighted by molar-refractivity contribution is -0.190. The van der Waals surface area contributed by atoms with E-state index in [-0.39, 0.29) is 50.6 Å². The standard InChI is InChI=1S/C34H51NO4/c1-29(2)12-14-34(28(38)35-16-18-39-19-17-35)15-13-32(6)22(23(34)21-29)20-24(36)27-31(5)10-9-26(37)30(3,4)25(31)8-11-33(27,32)7/h20,23,25,27H,8-19,21H2,1-7H3/t23-,25-,27+,31-,32+,33+,34-/m0/s1. The van der Waals surface area contributed by atoms with Gasteiger partial charge in [0.1, 0.15) is 5.78 Å². The molecule has 1 aliphatic heterocycles. The molecule has 39 heavy (non-hydrogen) atoms. The van der Waals surface area contributed by atoms with Crippen molar-refractivity contribution in [3.63, 3.8) is 0 Å². The molecule has 5 aliphatic carbocycles. The number of hydrogen-bond acceptors (Lipinski definition) is 4. The van der Waals surface area contributed by atoms with Crippen LogP contribution >= 0.6 is 0 Å². The minimum atomic E-state index is -0.401. The van der Waals surface area contributed by atoms with Crippen LogP contribution < -0.4 is 0 Å². The maximum Gasteiger partial charge on any atom is 0.229 e. The summed E-state index contributed by atoms with van der Waals surface area (Å²) in [6, 6.07) is 0. The number of fused-ring (bicyclic) bond motifs is 7. The zero-order valence-corrected chi connectivity index (χ0v) is 25.6. The number of amides is 1. The Kier molecular flexibility index (Phi) is 6.04. The number of ether oxygens (including phenoxy) is 1. The van der Waals surface area contributed by atoms with Gasteiger partial charge in [-0.25, -0.2) is 0 Å². The Hall–Kier alpha value is -1.49. The molecule has 1 saturated heterocycles. The van der Waals surface area contributed by atoms with E-state index in [1.54, 1.807) is 0 Å². The molecule has 216 valence electrons. The third-order valence-corrected chi connectivity index (χ3v) is 13.8. The Labute approximate surface area is 235 Å². The highest BCUT2D eigenvalue weighted by Crippen LogP contribution is 2.75. The van der Waals surface area contributed by atoms with E-state index in [1.807, 2.05) is 0 Å². The summed E-state index contributed by atoms with van der Waals surface area (Å²) in [7, 11) is 0. The lowest BCUT2D eigenvalue weighted by atomic mass is 9.33. The molecule has 0 N–H and O–H groups in total. The number of Topliss-reactive ketones (excluding diaryl/α,β-unsaturated/α-hetero) is 1. The van der Waals surface area contributed by atoms with Crippen LogP contribution in [0.5, 0.6) is 0 Å². The second-order valence-corrected chi connectivity index (χ2v) is 16.4. The second-order valence-electron chi connectivity index (χ2n) is 16.4. The third kappa shape index (κ3) is 3.56. The van der Waals surface area contributed by atoms with Crippen LogP contribution in [-0.4, -0.2) is 48.7 Å². The maximum atomic E-state index is 14.5. The molecule has 0 bridgehead atoms. The number of carbonyl (C=O) groups is 3. The monoisotopic (exact) mass is 537 g/mol. The van der Waals surface area contributed by atoms with E-state index in [2.05, 4.69) is 59.4 Å². The lowest BCUT2D eigenvalue weighted by Crippen LogP contribution is -2.67. The zero-order valence-electron chi connectivity index (χ0n) is 25.6. The number of allylic oxidation sites excluding steroid dienone is 2. The number of rotatable bonds is 1. The fourth-order valence-electron chi connectivity index (χ4n) is 11.3. The van der Waals surface area contributed by atoms with Crippen LogP contribution in [0.25, 0.3) is 0 Å². The van der Waals surface area contributed by atoms with Gasteiger partial charge in [0.05, 0.1) is 18.6 Å². The zero-order chi connectivity index (χ0) is 28.2. The van der Waals surface area contributed by atoms with Crippen molar-refractivity contribution in [2.45, 2.75) is 106 Å². The molecule has 1 heterocycles. The first-order valence-electron chi connectivity index (χ1n) is 15.8. The minimum Gasteiger partial charge on any atom is -0.378 e. The topological polar surface area (TPSA) is 63.7 Å². The van der Waals surface area contributed by atoms with Crippen molar-refractivity contribution in [2.75, 3.05) is 26.3 Å². The summed E-state index contributed by atoms with van der Waals surface area (Å²) in [6.07, 6.45) is 10.3. The summed E-state index contributed by atoms with van der Waals surface area (Å²) >= 11 is 0. The van der Waals surface area contributed by atoms with Crippen LogP contribution in [0, 0.1) is 50.2 Å². The Morgan fingerprint density at radius 2 is 1.56 bits per heavy atom. The van der Waals surface area contributed by atoms with Crippen LogP contribution in [0.3, 0.4) is 0 Å². The minimum absolute atomic E-state index is 0.0658. The number of hydrogen-bond donors (Lipinski definition) is 0. The normalized spacial score (nSPS) is 46.8. The molecule has 4 saturated carbocycles. The van der Waals surface area contributed by atoms with Crippen molar-refractivity contribution in [1.82, 2.24) is 4.90 Å². The summed E-state index contributed by atoms with van der Waals surface area (Å²) in [5.41, 5.74) is 0.220. The number of ketones is 2. The largest absolute Gasteiger partial charge is 0.378 e. The van der Waals surface area contributed by atoms with Crippen molar-refractivity contribution in [2.24, 2.45) is 50.2 Å². The van der Waals surface area contributed by atoms with Gasteiger partial charge in [-0.2, -0.15) is 0 Å². The fraction of sp³-hybridized carbons (Fsp3) is 0.853. The van der Waals surface area contributed by atoms with Gasteiger partial charge in [-0.15, -0.1) is 0 Å². The molecule has 0 radical (unpaired) electrons. The van der Waals surface area contributed by atoms with Crippen molar-refractivity contribution < 1.29 is 19.1 Å². The first-order chi connectivity index (χ1) is 18.1. The van der Waals surface area contributed by atoms with E-state index in [0.29, 0.717) is 44.4 Å². The average molecular weight is 538 g/mol. The van der Waals surface area contributed by atoms with Crippen LogP contribution in [0.1, 0.15) is 106 Å². The smallest absolute Gasteiger partial charge is 0.229 e. The molecular formula is C34H51NO4. The van der Waals surface area contributed by atoms with E-state index < -0.39 is 5.41 Å². The van der Waals surface area contributed by atoms with E-state index in [9.17, 15) is 14.4 Å². The highest BCUT2D eigenvalue weighted by atomic mass is 16.5. The summed E-state index contributed by atoms with van der Waals surface area (Å²) in [5, 5.41) is 0.